The molecule has 1 amide bonds. The van der Waals surface area contributed by atoms with Crippen LogP contribution in [0.15, 0.2) is 24.3 Å². The van der Waals surface area contributed by atoms with Crippen molar-refractivity contribution in [1.29, 1.82) is 0 Å². The van der Waals surface area contributed by atoms with E-state index in [2.05, 4.69) is 0 Å². The maximum absolute atomic E-state index is 13.1. The predicted molar refractivity (Wildman–Crippen MR) is 67.4 cm³/mol. The Morgan fingerprint density at radius 2 is 2.12 bits per heavy atom. The molecule has 0 aliphatic heterocycles. The molecule has 5 heteroatoms. The third kappa shape index (κ3) is 2.01. The number of primary amides is 1. The maximum atomic E-state index is 13.1. The van der Waals surface area contributed by atoms with Gasteiger partial charge in [-0.1, -0.05) is 12.1 Å². The van der Waals surface area contributed by atoms with Crippen LogP contribution < -0.4 is 11.5 Å². The second-order valence-electron chi connectivity index (χ2n) is 3.67. The lowest BCUT2D eigenvalue weighted by atomic mass is 10.1. The minimum Gasteiger partial charge on any atom is -0.390 e. The first-order valence-electron chi connectivity index (χ1n) is 4.95. The van der Waals surface area contributed by atoms with Crippen LogP contribution in [0.2, 0.25) is 0 Å². The molecular weight excluding hydrogens is 239 g/mol. The van der Waals surface area contributed by atoms with Gasteiger partial charge in [0.25, 0.3) is 5.91 Å². The van der Waals surface area contributed by atoms with Gasteiger partial charge in [-0.3, -0.25) is 4.79 Å². The first kappa shape index (κ1) is 11.6. The highest BCUT2D eigenvalue weighted by Gasteiger charge is 2.18. The molecule has 4 N–H and O–H groups in total. The monoisotopic (exact) mass is 250 g/mol. The van der Waals surface area contributed by atoms with Gasteiger partial charge >= 0.3 is 0 Å². The molecule has 0 aliphatic rings. The van der Waals surface area contributed by atoms with Gasteiger partial charge in [-0.25, -0.2) is 4.39 Å². The fraction of sp³-hybridized carbons (Fsp3) is 0.0833. The number of anilines is 1. The van der Waals surface area contributed by atoms with Crippen LogP contribution in [0, 0.1) is 12.7 Å². The number of carbonyl (C=O) groups excluding carboxylic acids is 1. The molecule has 0 saturated carbocycles. The fourth-order valence-electron chi connectivity index (χ4n) is 1.75. The zero-order valence-corrected chi connectivity index (χ0v) is 9.98. The molecule has 3 nitrogen and oxygen atoms in total. The van der Waals surface area contributed by atoms with Crippen molar-refractivity contribution in [3.63, 3.8) is 0 Å². The van der Waals surface area contributed by atoms with E-state index in [4.69, 9.17) is 11.5 Å². The van der Waals surface area contributed by atoms with Gasteiger partial charge in [0.2, 0.25) is 0 Å². The number of nitrogen functional groups attached to an aromatic ring is 1. The van der Waals surface area contributed by atoms with Crippen LogP contribution in [0.1, 0.15) is 15.9 Å². The van der Waals surface area contributed by atoms with E-state index in [9.17, 15) is 9.18 Å². The Labute approximate surface area is 102 Å². The van der Waals surface area contributed by atoms with Crippen molar-refractivity contribution in [2.24, 2.45) is 5.73 Å². The van der Waals surface area contributed by atoms with Gasteiger partial charge in [-0.2, -0.15) is 0 Å². The third-order valence-corrected chi connectivity index (χ3v) is 3.68. The molecule has 2 aromatic rings. The third-order valence-electron chi connectivity index (χ3n) is 2.51. The minimum absolute atomic E-state index is 0.325. The molecule has 2 rings (SSSR count). The molecule has 0 bridgehead atoms. The summed E-state index contributed by atoms with van der Waals surface area (Å²) in [6, 6.07) is 6.16. The number of hydrogen-bond acceptors (Lipinski definition) is 3. The highest BCUT2D eigenvalue weighted by Crippen LogP contribution is 2.37. The lowest BCUT2D eigenvalue weighted by molar-refractivity contribution is 0.100. The molecule has 0 fully saturated rings. The first-order chi connectivity index (χ1) is 8.00. The fourth-order valence-corrected chi connectivity index (χ4v) is 2.82. The van der Waals surface area contributed by atoms with E-state index in [1.165, 1.54) is 23.5 Å². The topological polar surface area (TPSA) is 69.1 Å². The van der Waals surface area contributed by atoms with Gasteiger partial charge in [-0.15, -0.1) is 11.3 Å². The summed E-state index contributed by atoms with van der Waals surface area (Å²) in [7, 11) is 0. The van der Waals surface area contributed by atoms with Crippen LogP contribution in [0.5, 0.6) is 0 Å². The average Bonchev–Trinajstić information content (AvgIpc) is 2.54. The zero-order chi connectivity index (χ0) is 12.6. The van der Waals surface area contributed by atoms with E-state index in [0.29, 0.717) is 21.7 Å². The maximum Gasteiger partial charge on any atom is 0.251 e. The summed E-state index contributed by atoms with van der Waals surface area (Å²) < 4.78 is 13.1. The standard InChI is InChI=1S/C12H11FN2OS/c1-6-9(11(14)16)12(15)17-10(6)7-3-2-4-8(13)5-7/h2-5H,15H2,1H3,(H2,14,16). The van der Waals surface area contributed by atoms with Crippen LogP contribution in [0.25, 0.3) is 10.4 Å². The molecule has 0 aliphatic carbocycles. The number of thiophene rings is 1. The van der Waals surface area contributed by atoms with Crippen molar-refractivity contribution < 1.29 is 9.18 Å². The summed E-state index contributed by atoms with van der Waals surface area (Å²) in [5.41, 5.74) is 12.7. The van der Waals surface area contributed by atoms with Crippen molar-refractivity contribution in [3.8, 4) is 10.4 Å². The number of amides is 1. The smallest absolute Gasteiger partial charge is 0.251 e. The summed E-state index contributed by atoms with van der Waals surface area (Å²) >= 11 is 1.24. The average molecular weight is 250 g/mol. The van der Waals surface area contributed by atoms with Crippen LogP contribution in [-0.2, 0) is 0 Å². The van der Waals surface area contributed by atoms with E-state index in [1.54, 1.807) is 19.1 Å². The number of benzene rings is 1. The summed E-state index contributed by atoms with van der Waals surface area (Å²) in [6.45, 7) is 1.76. The van der Waals surface area contributed by atoms with E-state index in [1.807, 2.05) is 0 Å². The molecule has 1 aromatic heterocycles. The normalized spacial score (nSPS) is 10.5. The van der Waals surface area contributed by atoms with Crippen molar-refractivity contribution in [3.05, 3.63) is 41.2 Å². The van der Waals surface area contributed by atoms with Crippen LogP contribution >= 0.6 is 11.3 Å². The second kappa shape index (κ2) is 4.18. The Balaban J connectivity index is 2.62. The largest absolute Gasteiger partial charge is 0.390 e. The molecule has 1 heterocycles. The van der Waals surface area contributed by atoms with Crippen LogP contribution in [0.3, 0.4) is 0 Å². The van der Waals surface area contributed by atoms with Crippen LogP contribution in [0.4, 0.5) is 9.39 Å². The summed E-state index contributed by atoms with van der Waals surface area (Å²) in [4.78, 5) is 12.0. The lowest BCUT2D eigenvalue weighted by Crippen LogP contribution is -2.13. The molecule has 0 atom stereocenters. The Kier molecular flexibility index (Phi) is 2.85. The Bertz CT molecular complexity index is 592. The van der Waals surface area contributed by atoms with E-state index in [0.717, 1.165) is 4.88 Å². The van der Waals surface area contributed by atoms with Gasteiger partial charge < -0.3 is 11.5 Å². The molecule has 0 radical (unpaired) electrons. The van der Waals surface area contributed by atoms with Gasteiger partial charge in [-0.05, 0) is 30.2 Å². The Morgan fingerprint density at radius 1 is 1.41 bits per heavy atom. The number of rotatable bonds is 2. The molecule has 0 spiro atoms. The van der Waals surface area contributed by atoms with Gasteiger partial charge in [0.1, 0.15) is 5.82 Å². The van der Waals surface area contributed by atoms with E-state index in [-0.39, 0.29) is 5.82 Å². The van der Waals surface area contributed by atoms with Crippen molar-refractivity contribution in [2.45, 2.75) is 6.92 Å². The highest BCUT2D eigenvalue weighted by atomic mass is 32.1. The summed E-state index contributed by atoms with van der Waals surface area (Å²) in [5, 5.41) is 0.370. The van der Waals surface area contributed by atoms with Crippen molar-refractivity contribution in [2.75, 3.05) is 5.73 Å². The molecule has 0 saturated heterocycles. The summed E-state index contributed by atoms with van der Waals surface area (Å²) in [5.74, 6) is -0.881. The minimum atomic E-state index is -0.557. The van der Waals surface area contributed by atoms with E-state index < -0.39 is 5.91 Å². The Hall–Kier alpha value is -1.88. The first-order valence-corrected chi connectivity index (χ1v) is 5.77. The molecule has 1 aromatic carbocycles. The predicted octanol–water partition coefficient (Wildman–Crippen LogP) is 2.54. The summed E-state index contributed by atoms with van der Waals surface area (Å²) in [6.07, 6.45) is 0. The molecule has 88 valence electrons. The molecule has 17 heavy (non-hydrogen) atoms. The Morgan fingerprint density at radius 3 is 2.65 bits per heavy atom. The van der Waals surface area contributed by atoms with Gasteiger partial charge in [0.15, 0.2) is 0 Å². The SMILES string of the molecule is Cc1c(-c2cccc(F)c2)sc(N)c1C(N)=O. The quantitative estimate of drug-likeness (QED) is 0.860. The van der Waals surface area contributed by atoms with Crippen LogP contribution in [-0.4, -0.2) is 5.91 Å². The zero-order valence-electron chi connectivity index (χ0n) is 9.16. The number of halogens is 1. The molecular formula is C12H11FN2OS. The second-order valence-corrected chi connectivity index (χ2v) is 4.72. The van der Waals surface area contributed by atoms with Crippen molar-refractivity contribution >= 4 is 22.2 Å². The van der Waals surface area contributed by atoms with E-state index >= 15 is 0 Å². The number of nitrogens with two attached hydrogens (primary N) is 2. The highest BCUT2D eigenvalue weighted by molar-refractivity contribution is 7.19. The number of hydrogen-bond donors (Lipinski definition) is 2. The van der Waals surface area contributed by atoms with Gasteiger partial charge in [0.05, 0.1) is 10.6 Å². The lowest BCUT2D eigenvalue weighted by Gasteiger charge is -2.00. The molecule has 0 unspecified atom stereocenters. The number of carbonyl (C=O) groups is 1. The van der Waals surface area contributed by atoms with Crippen molar-refractivity contribution in [1.82, 2.24) is 0 Å². The van der Waals surface area contributed by atoms with Gasteiger partial charge in [0, 0.05) is 4.88 Å².